The number of anilines is 1. The van der Waals surface area contributed by atoms with Crippen molar-refractivity contribution in [1.82, 2.24) is 20.7 Å². The average Bonchev–Trinajstić information content (AvgIpc) is 2.92. The van der Waals surface area contributed by atoms with Crippen molar-refractivity contribution in [1.29, 1.82) is 0 Å². The first kappa shape index (κ1) is 13.1. The number of aryl methyl sites for hydroxylation is 1. The predicted molar refractivity (Wildman–Crippen MR) is 75.3 cm³/mol. The summed E-state index contributed by atoms with van der Waals surface area (Å²) in [7, 11) is 0. The Morgan fingerprint density at radius 2 is 2.45 bits per heavy atom. The Balaban J connectivity index is 1.55. The van der Waals surface area contributed by atoms with E-state index in [0.29, 0.717) is 6.04 Å². The SMILES string of the molecule is Cc1cc(CN[C@@H]2CCCN(c3cccnn3)C2)on1. The van der Waals surface area contributed by atoms with Crippen LogP contribution in [0.4, 0.5) is 5.82 Å². The molecule has 2 aromatic heterocycles. The molecule has 0 aromatic carbocycles. The van der Waals surface area contributed by atoms with Crippen molar-refractivity contribution in [3.63, 3.8) is 0 Å². The molecule has 1 saturated heterocycles. The summed E-state index contributed by atoms with van der Waals surface area (Å²) in [4.78, 5) is 2.28. The minimum absolute atomic E-state index is 0.441. The van der Waals surface area contributed by atoms with Crippen LogP contribution in [0.25, 0.3) is 0 Å². The van der Waals surface area contributed by atoms with Gasteiger partial charge in [0.25, 0.3) is 0 Å². The Labute approximate surface area is 118 Å². The Morgan fingerprint density at radius 1 is 1.50 bits per heavy atom. The molecule has 3 rings (SSSR count). The molecule has 1 N–H and O–H groups in total. The fourth-order valence-electron chi connectivity index (χ4n) is 2.56. The van der Waals surface area contributed by atoms with E-state index in [0.717, 1.165) is 43.3 Å². The Morgan fingerprint density at radius 3 is 3.20 bits per heavy atom. The monoisotopic (exact) mass is 273 g/mol. The minimum atomic E-state index is 0.441. The van der Waals surface area contributed by atoms with Gasteiger partial charge in [0.15, 0.2) is 11.6 Å². The third-order valence-electron chi connectivity index (χ3n) is 3.55. The van der Waals surface area contributed by atoms with Crippen molar-refractivity contribution in [3.05, 3.63) is 35.9 Å². The smallest absolute Gasteiger partial charge is 0.151 e. The zero-order valence-corrected chi connectivity index (χ0v) is 11.6. The number of nitrogens with one attached hydrogen (secondary N) is 1. The lowest BCUT2D eigenvalue weighted by molar-refractivity contribution is 0.347. The van der Waals surface area contributed by atoms with Gasteiger partial charge >= 0.3 is 0 Å². The third kappa shape index (κ3) is 3.14. The molecule has 1 fully saturated rings. The van der Waals surface area contributed by atoms with E-state index in [1.807, 2.05) is 25.1 Å². The maximum absolute atomic E-state index is 5.22. The van der Waals surface area contributed by atoms with E-state index in [1.54, 1.807) is 6.20 Å². The van der Waals surface area contributed by atoms with Crippen molar-refractivity contribution in [2.75, 3.05) is 18.0 Å². The van der Waals surface area contributed by atoms with Crippen LogP contribution in [0.2, 0.25) is 0 Å². The van der Waals surface area contributed by atoms with E-state index in [-0.39, 0.29) is 0 Å². The molecule has 6 heteroatoms. The molecule has 6 nitrogen and oxygen atoms in total. The molecule has 0 spiro atoms. The molecule has 3 heterocycles. The molecule has 20 heavy (non-hydrogen) atoms. The summed E-state index contributed by atoms with van der Waals surface area (Å²) in [6.07, 6.45) is 4.03. The van der Waals surface area contributed by atoms with E-state index in [1.165, 1.54) is 6.42 Å². The van der Waals surface area contributed by atoms with Crippen LogP contribution in [0, 0.1) is 6.92 Å². The van der Waals surface area contributed by atoms with Gasteiger partial charge in [-0.25, -0.2) is 0 Å². The number of piperidine rings is 1. The van der Waals surface area contributed by atoms with Crippen LogP contribution in [0.5, 0.6) is 0 Å². The molecular formula is C14H19N5O. The van der Waals surface area contributed by atoms with Gasteiger partial charge in [0.1, 0.15) is 0 Å². The van der Waals surface area contributed by atoms with Gasteiger partial charge in [-0.05, 0) is 31.9 Å². The van der Waals surface area contributed by atoms with Gasteiger partial charge in [0.05, 0.1) is 12.2 Å². The highest BCUT2D eigenvalue weighted by Gasteiger charge is 2.20. The Hall–Kier alpha value is -1.95. The van der Waals surface area contributed by atoms with Crippen molar-refractivity contribution in [2.24, 2.45) is 0 Å². The largest absolute Gasteiger partial charge is 0.360 e. The van der Waals surface area contributed by atoms with Crippen LogP contribution in [0.3, 0.4) is 0 Å². The zero-order chi connectivity index (χ0) is 13.8. The average molecular weight is 273 g/mol. The molecule has 0 radical (unpaired) electrons. The van der Waals surface area contributed by atoms with Crippen molar-refractivity contribution >= 4 is 5.82 Å². The first-order valence-corrected chi connectivity index (χ1v) is 6.99. The third-order valence-corrected chi connectivity index (χ3v) is 3.55. The summed E-state index contributed by atoms with van der Waals surface area (Å²) in [6.45, 7) is 4.65. The fraction of sp³-hybridized carbons (Fsp3) is 0.500. The van der Waals surface area contributed by atoms with Gasteiger partial charge in [-0.3, -0.25) is 0 Å². The van der Waals surface area contributed by atoms with Crippen molar-refractivity contribution in [2.45, 2.75) is 32.4 Å². The van der Waals surface area contributed by atoms with Crippen LogP contribution in [-0.4, -0.2) is 34.5 Å². The molecule has 1 aliphatic heterocycles. The topological polar surface area (TPSA) is 67.1 Å². The normalized spacial score (nSPS) is 19.2. The molecule has 0 aliphatic carbocycles. The van der Waals surface area contributed by atoms with Gasteiger partial charge in [0, 0.05) is 31.4 Å². The highest BCUT2D eigenvalue weighted by atomic mass is 16.5. The Kier molecular flexibility index (Phi) is 3.92. The fourth-order valence-corrected chi connectivity index (χ4v) is 2.56. The van der Waals surface area contributed by atoms with Crippen LogP contribution in [0.15, 0.2) is 28.9 Å². The molecular weight excluding hydrogens is 254 g/mol. The number of rotatable bonds is 4. The van der Waals surface area contributed by atoms with Gasteiger partial charge in [0.2, 0.25) is 0 Å². The first-order valence-electron chi connectivity index (χ1n) is 6.99. The van der Waals surface area contributed by atoms with Crippen molar-refractivity contribution in [3.8, 4) is 0 Å². The first-order chi connectivity index (χ1) is 9.81. The molecule has 106 valence electrons. The van der Waals surface area contributed by atoms with E-state index in [9.17, 15) is 0 Å². The molecule has 0 bridgehead atoms. The summed E-state index contributed by atoms with van der Waals surface area (Å²) in [5, 5.41) is 15.6. The second-order valence-corrected chi connectivity index (χ2v) is 5.18. The second kappa shape index (κ2) is 6.00. The number of aromatic nitrogens is 3. The van der Waals surface area contributed by atoms with E-state index in [2.05, 4.69) is 25.6 Å². The maximum Gasteiger partial charge on any atom is 0.151 e. The van der Waals surface area contributed by atoms with Gasteiger partial charge in [-0.2, -0.15) is 5.10 Å². The molecule has 0 saturated carbocycles. The van der Waals surface area contributed by atoms with Gasteiger partial charge < -0.3 is 14.7 Å². The summed E-state index contributed by atoms with van der Waals surface area (Å²) >= 11 is 0. The number of nitrogens with zero attached hydrogens (tertiary/aromatic N) is 4. The van der Waals surface area contributed by atoms with E-state index < -0.39 is 0 Å². The second-order valence-electron chi connectivity index (χ2n) is 5.18. The summed E-state index contributed by atoms with van der Waals surface area (Å²) in [5.41, 5.74) is 0.923. The highest BCUT2D eigenvalue weighted by Crippen LogP contribution is 2.17. The van der Waals surface area contributed by atoms with Gasteiger partial charge in [-0.15, -0.1) is 5.10 Å². The van der Waals surface area contributed by atoms with Gasteiger partial charge in [-0.1, -0.05) is 5.16 Å². The molecule has 1 aliphatic rings. The van der Waals surface area contributed by atoms with Crippen LogP contribution in [-0.2, 0) is 6.54 Å². The van der Waals surface area contributed by atoms with E-state index in [4.69, 9.17) is 4.52 Å². The minimum Gasteiger partial charge on any atom is -0.360 e. The lowest BCUT2D eigenvalue weighted by Gasteiger charge is -2.33. The quantitative estimate of drug-likeness (QED) is 0.911. The number of hydrogen-bond donors (Lipinski definition) is 1. The molecule has 1 atom stereocenters. The van der Waals surface area contributed by atoms with Crippen LogP contribution in [0.1, 0.15) is 24.3 Å². The molecule has 2 aromatic rings. The predicted octanol–water partition coefficient (Wildman–Crippen LogP) is 1.53. The summed E-state index contributed by atoms with van der Waals surface area (Å²) < 4.78 is 5.22. The maximum atomic E-state index is 5.22. The Bertz CT molecular complexity index is 542. The highest BCUT2D eigenvalue weighted by molar-refractivity contribution is 5.37. The lowest BCUT2D eigenvalue weighted by atomic mass is 10.1. The lowest BCUT2D eigenvalue weighted by Crippen LogP contribution is -2.45. The molecule has 0 amide bonds. The van der Waals surface area contributed by atoms with Crippen molar-refractivity contribution < 1.29 is 4.52 Å². The molecule has 0 unspecified atom stereocenters. The standard InChI is InChI=1S/C14H19N5O/c1-11-8-13(20-18-11)9-15-12-4-3-7-19(10-12)14-5-2-6-16-17-14/h2,5-6,8,12,15H,3-4,7,9-10H2,1H3/t12-/m1/s1. The summed E-state index contributed by atoms with van der Waals surface area (Å²) in [6, 6.07) is 6.35. The zero-order valence-electron chi connectivity index (χ0n) is 11.6. The van der Waals surface area contributed by atoms with Crippen LogP contribution < -0.4 is 10.2 Å². The van der Waals surface area contributed by atoms with Crippen LogP contribution >= 0.6 is 0 Å². The number of hydrogen-bond acceptors (Lipinski definition) is 6. The summed E-state index contributed by atoms with van der Waals surface area (Å²) in [5.74, 6) is 1.84. The van der Waals surface area contributed by atoms with E-state index >= 15 is 0 Å².